The first-order chi connectivity index (χ1) is 8.99. The van der Waals surface area contributed by atoms with Crippen molar-refractivity contribution in [3.8, 4) is 0 Å². The van der Waals surface area contributed by atoms with E-state index in [0.717, 1.165) is 18.9 Å². The van der Waals surface area contributed by atoms with E-state index in [1.165, 1.54) is 6.20 Å². The highest BCUT2D eigenvalue weighted by Gasteiger charge is 2.21. The topological polar surface area (TPSA) is 108 Å². The monoisotopic (exact) mass is 288 g/mol. The highest BCUT2D eigenvalue weighted by Crippen LogP contribution is 2.15. The van der Waals surface area contributed by atoms with Gasteiger partial charge in [0.05, 0.1) is 0 Å². The minimum Gasteiger partial charge on any atom is -0.477 e. The highest BCUT2D eigenvalue weighted by atomic mass is 32.2. The first-order valence-corrected chi connectivity index (χ1v) is 7.46. The lowest BCUT2D eigenvalue weighted by atomic mass is 10.0. The van der Waals surface area contributed by atoms with E-state index in [1.54, 1.807) is 0 Å². The normalized spacial score (nSPS) is 17.5. The molecule has 0 unspecified atom stereocenters. The van der Waals surface area contributed by atoms with Crippen LogP contribution in [0.25, 0.3) is 0 Å². The lowest BCUT2D eigenvalue weighted by Gasteiger charge is -2.21. The molecule has 1 aliphatic rings. The molecular formula is C11H16N2O5S. The second kappa shape index (κ2) is 5.72. The fourth-order valence-electron chi connectivity index (χ4n) is 1.91. The summed E-state index contributed by atoms with van der Waals surface area (Å²) in [5.74, 6) is -0.924. The largest absolute Gasteiger partial charge is 0.477 e. The number of carboxylic acids is 1. The molecule has 3 N–H and O–H groups in total. The maximum Gasteiger partial charge on any atom is 0.352 e. The SMILES string of the molecule is O=C(O)c1cc(S(=O)(=O)NCC2CCOCC2)c[nH]1. The van der Waals surface area contributed by atoms with Gasteiger partial charge in [0.15, 0.2) is 0 Å². The lowest BCUT2D eigenvalue weighted by Crippen LogP contribution is -2.32. The Bertz CT molecular complexity index is 545. The molecule has 7 nitrogen and oxygen atoms in total. The summed E-state index contributed by atoms with van der Waals surface area (Å²) in [6, 6.07) is 1.11. The molecule has 1 aliphatic heterocycles. The minimum absolute atomic E-state index is 0.0584. The van der Waals surface area contributed by atoms with Gasteiger partial charge in [-0.25, -0.2) is 17.9 Å². The van der Waals surface area contributed by atoms with Gasteiger partial charge in [-0.2, -0.15) is 0 Å². The van der Waals surface area contributed by atoms with Crippen molar-refractivity contribution >= 4 is 16.0 Å². The summed E-state index contributed by atoms with van der Waals surface area (Å²) in [4.78, 5) is 13.0. The maximum absolute atomic E-state index is 12.0. The van der Waals surface area contributed by atoms with Crippen molar-refractivity contribution in [1.29, 1.82) is 0 Å². The summed E-state index contributed by atoms with van der Waals surface area (Å²) in [6.07, 6.45) is 2.84. The van der Waals surface area contributed by atoms with Gasteiger partial charge in [0.25, 0.3) is 0 Å². The van der Waals surface area contributed by atoms with Crippen molar-refractivity contribution in [1.82, 2.24) is 9.71 Å². The van der Waals surface area contributed by atoms with Gasteiger partial charge in [0.1, 0.15) is 10.6 Å². The van der Waals surface area contributed by atoms with Crippen LogP contribution in [0.4, 0.5) is 0 Å². The van der Waals surface area contributed by atoms with Gasteiger partial charge >= 0.3 is 5.97 Å². The molecule has 0 aliphatic carbocycles. The number of aromatic amines is 1. The van der Waals surface area contributed by atoms with Crippen molar-refractivity contribution in [2.45, 2.75) is 17.7 Å². The summed E-state index contributed by atoms with van der Waals surface area (Å²) in [6.45, 7) is 1.65. The van der Waals surface area contributed by atoms with E-state index in [0.29, 0.717) is 19.8 Å². The van der Waals surface area contributed by atoms with Crippen LogP contribution in [-0.4, -0.2) is 44.2 Å². The summed E-state index contributed by atoms with van der Waals surface area (Å²) in [7, 11) is -3.66. The van der Waals surface area contributed by atoms with Crippen LogP contribution in [0, 0.1) is 5.92 Å². The average Bonchev–Trinajstić information content (AvgIpc) is 2.88. The number of carboxylic acid groups (broad SMARTS) is 1. The van der Waals surface area contributed by atoms with Gasteiger partial charge in [-0.3, -0.25) is 0 Å². The number of nitrogens with one attached hydrogen (secondary N) is 2. The van der Waals surface area contributed by atoms with Gasteiger partial charge < -0.3 is 14.8 Å². The Hall–Kier alpha value is -1.38. The van der Waals surface area contributed by atoms with Crippen LogP contribution in [0.15, 0.2) is 17.2 Å². The van der Waals surface area contributed by atoms with Crippen molar-refractivity contribution in [3.63, 3.8) is 0 Å². The van der Waals surface area contributed by atoms with E-state index in [4.69, 9.17) is 9.84 Å². The quantitative estimate of drug-likeness (QED) is 0.727. The van der Waals surface area contributed by atoms with E-state index in [9.17, 15) is 13.2 Å². The third-order valence-electron chi connectivity index (χ3n) is 3.10. The first-order valence-electron chi connectivity index (χ1n) is 5.98. The molecule has 1 aromatic heterocycles. The summed E-state index contributed by atoms with van der Waals surface area (Å²) < 4.78 is 31.6. The molecule has 0 amide bonds. The summed E-state index contributed by atoms with van der Waals surface area (Å²) >= 11 is 0. The van der Waals surface area contributed by atoms with Crippen LogP contribution in [0.5, 0.6) is 0 Å². The van der Waals surface area contributed by atoms with Crippen molar-refractivity contribution in [2.75, 3.05) is 19.8 Å². The zero-order chi connectivity index (χ0) is 13.9. The minimum atomic E-state index is -3.66. The second-order valence-electron chi connectivity index (χ2n) is 4.46. The number of aromatic nitrogens is 1. The Morgan fingerprint density at radius 2 is 2.16 bits per heavy atom. The third kappa shape index (κ3) is 3.55. The lowest BCUT2D eigenvalue weighted by molar-refractivity contribution is 0.0677. The van der Waals surface area contributed by atoms with Crippen molar-refractivity contribution in [3.05, 3.63) is 18.0 Å². The molecule has 1 fully saturated rings. The molecule has 2 rings (SSSR count). The third-order valence-corrected chi connectivity index (χ3v) is 4.50. The molecular weight excluding hydrogens is 272 g/mol. The van der Waals surface area contributed by atoms with E-state index >= 15 is 0 Å². The van der Waals surface area contributed by atoms with Gasteiger partial charge in [0.2, 0.25) is 10.0 Å². The fraction of sp³-hybridized carbons (Fsp3) is 0.545. The van der Waals surface area contributed by atoms with Crippen LogP contribution in [0.3, 0.4) is 0 Å². The molecule has 0 atom stereocenters. The standard InChI is InChI=1S/C11H16N2O5S/c14-11(15)10-5-9(7-12-10)19(16,17)13-6-8-1-3-18-4-2-8/h5,7-8,12-13H,1-4,6H2,(H,14,15). The van der Waals surface area contributed by atoms with Gasteiger partial charge in [-0.1, -0.05) is 0 Å². The molecule has 1 aromatic rings. The molecule has 0 radical (unpaired) electrons. The fourth-order valence-corrected chi connectivity index (χ4v) is 3.02. The molecule has 19 heavy (non-hydrogen) atoms. The van der Waals surface area contributed by atoms with Crippen LogP contribution >= 0.6 is 0 Å². The molecule has 0 bridgehead atoms. The van der Waals surface area contributed by atoms with Crippen molar-refractivity contribution < 1.29 is 23.1 Å². The van der Waals surface area contributed by atoms with E-state index < -0.39 is 16.0 Å². The molecule has 2 heterocycles. The molecule has 8 heteroatoms. The number of sulfonamides is 1. The Morgan fingerprint density at radius 1 is 1.47 bits per heavy atom. The molecule has 1 saturated heterocycles. The van der Waals surface area contributed by atoms with E-state index in [1.807, 2.05) is 0 Å². The first kappa shape index (κ1) is 14.0. The Balaban J connectivity index is 1.98. The van der Waals surface area contributed by atoms with Crippen LogP contribution in [0.2, 0.25) is 0 Å². The number of H-pyrrole nitrogens is 1. The molecule has 0 saturated carbocycles. The molecule has 0 aromatic carbocycles. The maximum atomic E-state index is 12.0. The zero-order valence-corrected chi connectivity index (χ0v) is 11.1. The van der Waals surface area contributed by atoms with Crippen LogP contribution in [0.1, 0.15) is 23.3 Å². The zero-order valence-electron chi connectivity index (χ0n) is 10.3. The average molecular weight is 288 g/mol. The van der Waals surface area contributed by atoms with Crippen LogP contribution < -0.4 is 4.72 Å². The van der Waals surface area contributed by atoms with Gasteiger partial charge in [-0.15, -0.1) is 0 Å². The Morgan fingerprint density at radius 3 is 2.74 bits per heavy atom. The number of aromatic carboxylic acids is 1. The highest BCUT2D eigenvalue weighted by molar-refractivity contribution is 7.89. The van der Waals surface area contributed by atoms with Gasteiger partial charge in [0, 0.05) is 26.0 Å². The predicted molar refractivity (Wildman–Crippen MR) is 66.5 cm³/mol. The smallest absolute Gasteiger partial charge is 0.352 e. The number of rotatable bonds is 5. The number of hydrogen-bond donors (Lipinski definition) is 3. The van der Waals surface area contributed by atoms with Gasteiger partial charge in [-0.05, 0) is 24.8 Å². The number of ether oxygens (including phenoxy) is 1. The summed E-state index contributed by atoms with van der Waals surface area (Å²) in [5, 5.41) is 8.74. The van der Waals surface area contributed by atoms with Crippen molar-refractivity contribution in [2.24, 2.45) is 5.92 Å². The van der Waals surface area contributed by atoms with E-state index in [-0.39, 0.29) is 16.5 Å². The Kier molecular flexibility index (Phi) is 4.23. The molecule has 106 valence electrons. The van der Waals surface area contributed by atoms with E-state index in [2.05, 4.69) is 9.71 Å². The number of hydrogen-bond acceptors (Lipinski definition) is 4. The summed E-state index contributed by atoms with van der Waals surface area (Å²) in [5.41, 5.74) is -0.147. The molecule has 0 spiro atoms. The predicted octanol–water partition coefficient (Wildman–Crippen LogP) is 0.418. The Labute approximate surface area is 111 Å². The number of carbonyl (C=O) groups is 1. The second-order valence-corrected chi connectivity index (χ2v) is 6.23. The van der Waals surface area contributed by atoms with Crippen LogP contribution in [-0.2, 0) is 14.8 Å².